The van der Waals surface area contributed by atoms with Gasteiger partial charge in [-0.25, -0.2) is 15.0 Å². The smallest absolute Gasteiger partial charge is 0.236 e. The maximum Gasteiger partial charge on any atom is 0.236 e. The van der Waals surface area contributed by atoms with Crippen LogP contribution in [-0.4, -0.2) is 40.4 Å². The molecule has 0 saturated heterocycles. The standard InChI is InChI=1S/C24H28N6O2S/c1-14-11-15(2)27-22(26-14)25-10-6-7-20(31)29-23-28-18(13-33-23)16-8-9-19-17(12-16)24(3,4)21(32)30(19)5/h8-9,11-13H,6-7,10H2,1-5H3,(H,25,26,27)(H,28,29,31). The number of hydrogen-bond donors (Lipinski definition) is 2. The van der Waals surface area contributed by atoms with E-state index in [9.17, 15) is 9.59 Å². The molecule has 1 aliphatic heterocycles. The Balaban J connectivity index is 1.33. The van der Waals surface area contributed by atoms with Crippen molar-refractivity contribution in [1.82, 2.24) is 15.0 Å². The van der Waals surface area contributed by atoms with E-state index in [2.05, 4.69) is 25.6 Å². The van der Waals surface area contributed by atoms with Crippen LogP contribution in [0.3, 0.4) is 0 Å². The maximum atomic E-state index is 12.5. The van der Waals surface area contributed by atoms with Crippen LogP contribution >= 0.6 is 11.3 Å². The van der Waals surface area contributed by atoms with Crippen molar-refractivity contribution in [3.63, 3.8) is 0 Å². The van der Waals surface area contributed by atoms with Crippen molar-refractivity contribution in [3.8, 4) is 11.3 Å². The number of aromatic nitrogens is 3. The van der Waals surface area contributed by atoms with E-state index < -0.39 is 5.41 Å². The van der Waals surface area contributed by atoms with Gasteiger partial charge in [-0.1, -0.05) is 6.07 Å². The summed E-state index contributed by atoms with van der Waals surface area (Å²) >= 11 is 1.39. The van der Waals surface area contributed by atoms with Crippen molar-refractivity contribution in [3.05, 3.63) is 46.6 Å². The Hall–Kier alpha value is -3.33. The van der Waals surface area contributed by atoms with Gasteiger partial charge in [0.25, 0.3) is 0 Å². The van der Waals surface area contributed by atoms with Gasteiger partial charge in [0.05, 0.1) is 11.1 Å². The van der Waals surface area contributed by atoms with E-state index in [0.29, 0.717) is 30.5 Å². The van der Waals surface area contributed by atoms with Gasteiger partial charge in [-0.05, 0) is 57.9 Å². The SMILES string of the molecule is Cc1cc(C)nc(NCCCC(=O)Nc2nc(-c3ccc4c(c3)C(C)(C)C(=O)N4C)cs2)n1. The molecule has 1 aromatic carbocycles. The van der Waals surface area contributed by atoms with E-state index in [1.165, 1.54) is 11.3 Å². The van der Waals surface area contributed by atoms with Crippen molar-refractivity contribution in [2.75, 3.05) is 29.1 Å². The second kappa shape index (κ2) is 8.90. The first-order chi connectivity index (χ1) is 15.6. The molecule has 2 amide bonds. The Kier molecular flexibility index (Phi) is 6.16. The summed E-state index contributed by atoms with van der Waals surface area (Å²) in [4.78, 5) is 39.8. The molecule has 3 heterocycles. The molecule has 9 heteroatoms. The number of amides is 2. The summed E-state index contributed by atoms with van der Waals surface area (Å²) in [5, 5.41) is 8.52. The Morgan fingerprint density at radius 3 is 2.58 bits per heavy atom. The summed E-state index contributed by atoms with van der Waals surface area (Å²) in [5.41, 5.74) is 4.89. The zero-order chi connectivity index (χ0) is 23.8. The fourth-order valence-corrected chi connectivity index (χ4v) is 4.77. The zero-order valence-electron chi connectivity index (χ0n) is 19.5. The third-order valence-electron chi connectivity index (χ3n) is 5.76. The summed E-state index contributed by atoms with van der Waals surface area (Å²) < 4.78 is 0. The number of hydrogen-bond acceptors (Lipinski definition) is 7. The predicted octanol–water partition coefficient (Wildman–Crippen LogP) is 4.30. The molecule has 4 rings (SSSR count). The van der Waals surface area contributed by atoms with Crippen molar-refractivity contribution < 1.29 is 9.59 Å². The molecule has 0 spiro atoms. The number of nitrogens with one attached hydrogen (secondary N) is 2. The van der Waals surface area contributed by atoms with Crippen LogP contribution in [-0.2, 0) is 15.0 Å². The fourth-order valence-electron chi connectivity index (χ4n) is 4.03. The number of carbonyl (C=O) groups is 2. The second-order valence-corrected chi connectivity index (χ2v) is 9.67. The van der Waals surface area contributed by atoms with E-state index >= 15 is 0 Å². The number of rotatable bonds is 7. The highest BCUT2D eigenvalue weighted by Crippen LogP contribution is 2.42. The second-order valence-electron chi connectivity index (χ2n) is 8.81. The van der Waals surface area contributed by atoms with Crippen molar-refractivity contribution >= 4 is 39.9 Å². The monoisotopic (exact) mass is 464 g/mol. The number of fused-ring (bicyclic) bond motifs is 1. The molecular formula is C24H28N6O2S. The van der Waals surface area contributed by atoms with Crippen LogP contribution in [0.5, 0.6) is 0 Å². The normalized spacial score (nSPS) is 14.3. The topological polar surface area (TPSA) is 100 Å². The molecule has 0 atom stereocenters. The van der Waals surface area contributed by atoms with E-state index in [1.807, 2.05) is 57.3 Å². The lowest BCUT2D eigenvalue weighted by Gasteiger charge is -2.16. The van der Waals surface area contributed by atoms with Crippen LogP contribution < -0.4 is 15.5 Å². The Labute approximate surface area is 197 Å². The summed E-state index contributed by atoms with van der Waals surface area (Å²) in [6, 6.07) is 7.87. The van der Waals surface area contributed by atoms with Gasteiger partial charge >= 0.3 is 0 Å². The zero-order valence-corrected chi connectivity index (χ0v) is 20.3. The minimum absolute atomic E-state index is 0.0821. The number of carbonyl (C=O) groups excluding carboxylic acids is 2. The molecule has 172 valence electrons. The summed E-state index contributed by atoms with van der Waals surface area (Å²) in [6.07, 6.45) is 1.02. The largest absolute Gasteiger partial charge is 0.354 e. The van der Waals surface area contributed by atoms with Gasteiger partial charge < -0.3 is 15.5 Å². The van der Waals surface area contributed by atoms with Gasteiger partial charge in [0, 0.05) is 48.0 Å². The van der Waals surface area contributed by atoms with E-state index in [0.717, 1.165) is 33.9 Å². The lowest BCUT2D eigenvalue weighted by molar-refractivity contribution is -0.121. The van der Waals surface area contributed by atoms with Gasteiger partial charge in [0.1, 0.15) is 0 Å². The van der Waals surface area contributed by atoms with Gasteiger partial charge in [0.15, 0.2) is 5.13 Å². The minimum atomic E-state index is -0.566. The minimum Gasteiger partial charge on any atom is -0.354 e. The summed E-state index contributed by atoms with van der Waals surface area (Å²) in [5.74, 6) is 0.587. The fraction of sp³-hybridized carbons (Fsp3) is 0.375. The molecule has 0 radical (unpaired) electrons. The number of benzene rings is 1. The van der Waals surface area contributed by atoms with Crippen LogP contribution in [0.2, 0.25) is 0 Å². The highest BCUT2D eigenvalue weighted by molar-refractivity contribution is 7.14. The van der Waals surface area contributed by atoms with Crippen LogP contribution in [0.25, 0.3) is 11.3 Å². The van der Waals surface area contributed by atoms with Gasteiger partial charge in [-0.15, -0.1) is 11.3 Å². The van der Waals surface area contributed by atoms with Crippen LogP contribution in [0.15, 0.2) is 29.6 Å². The predicted molar refractivity (Wildman–Crippen MR) is 132 cm³/mol. The highest BCUT2D eigenvalue weighted by atomic mass is 32.1. The van der Waals surface area contributed by atoms with Crippen LogP contribution in [0, 0.1) is 13.8 Å². The van der Waals surface area contributed by atoms with Crippen molar-refractivity contribution in [2.45, 2.75) is 46.0 Å². The lowest BCUT2D eigenvalue weighted by Crippen LogP contribution is -2.33. The molecular weight excluding hydrogens is 436 g/mol. The quantitative estimate of drug-likeness (QED) is 0.506. The van der Waals surface area contributed by atoms with Gasteiger partial charge in [0.2, 0.25) is 17.8 Å². The molecule has 8 nitrogen and oxygen atoms in total. The molecule has 0 fully saturated rings. The number of likely N-dealkylation sites (N-methyl/N-ethyl adjacent to an activating group) is 1. The number of nitrogens with zero attached hydrogens (tertiary/aromatic N) is 4. The molecule has 1 aliphatic rings. The van der Waals surface area contributed by atoms with E-state index in [-0.39, 0.29) is 11.8 Å². The summed E-state index contributed by atoms with van der Waals surface area (Å²) in [7, 11) is 1.80. The van der Waals surface area contributed by atoms with Gasteiger partial charge in [-0.2, -0.15) is 0 Å². The Morgan fingerprint density at radius 2 is 1.85 bits per heavy atom. The molecule has 0 saturated carbocycles. The van der Waals surface area contributed by atoms with E-state index in [1.54, 1.807) is 11.9 Å². The van der Waals surface area contributed by atoms with Crippen LogP contribution in [0.4, 0.5) is 16.8 Å². The summed E-state index contributed by atoms with van der Waals surface area (Å²) in [6.45, 7) is 8.34. The Morgan fingerprint density at radius 1 is 1.12 bits per heavy atom. The number of aryl methyl sites for hydroxylation is 2. The number of thiazole rings is 1. The van der Waals surface area contributed by atoms with Crippen molar-refractivity contribution in [1.29, 1.82) is 0 Å². The molecule has 0 unspecified atom stereocenters. The van der Waals surface area contributed by atoms with Gasteiger partial charge in [-0.3, -0.25) is 9.59 Å². The number of anilines is 3. The van der Waals surface area contributed by atoms with Crippen molar-refractivity contribution in [2.24, 2.45) is 0 Å². The molecule has 0 bridgehead atoms. The molecule has 2 aromatic heterocycles. The Bertz CT molecular complexity index is 1200. The molecule has 0 aliphatic carbocycles. The first-order valence-corrected chi connectivity index (χ1v) is 11.8. The van der Waals surface area contributed by atoms with Crippen LogP contribution in [0.1, 0.15) is 43.6 Å². The lowest BCUT2D eigenvalue weighted by atomic mass is 9.85. The third kappa shape index (κ3) is 4.73. The average molecular weight is 465 g/mol. The third-order valence-corrected chi connectivity index (χ3v) is 6.52. The maximum absolute atomic E-state index is 12.5. The first-order valence-electron chi connectivity index (χ1n) is 10.9. The highest BCUT2D eigenvalue weighted by Gasteiger charge is 2.42. The van der Waals surface area contributed by atoms with E-state index in [4.69, 9.17) is 0 Å². The first kappa shape index (κ1) is 22.8. The molecule has 3 aromatic rings. The molecule has 33 heavy (non-hydrogen) atoms. The average Bonchev–Trinajstić information content (AvgIpc) is 3.28. The molecule has 2 N–H and O–H groups in total.